The molecule has 9 heteroatoms. The number of hydrogen-bond acceptors (Lipinski definition) is 6. The van der Waals surface area contributed by atoms with Crippen molar-refractivity contribution in [1.82, 2.24) is 19.8 Å². The zero-order valence-electron chi connectivity index (χ0n) is 9.94. The first-order chi connectivity index (χ1) is 9.15. The van der Waals surface area contributed by atoms with Gasteiger partial charge in [0.1, 0.15) is 16.9 Å². The number of hydrogen-bond donors (Lipinski definition) is 2. The number of fused-ring (bicyclic) bond motifs is 1. The second kappa shape index (κ2) is 4.59. The second-order valence-corrected chi connectivity index (χ2v) is 4.67. The van der Waals surface area contributed by atoms with E-state index >= 15 is 0 Å². The van der Waals surface area contributed by atoms with E-state index in [0.717, 1.165) is 0 Å². The molecule has 3 heterocycles. The number of nitrogens with one attached hydrogen (secondary N) is 1. The zero-order chi connectivity index (χ0) is 13.4. The van der Waals surface area contributed by atoms with E-state index in [0.29, 0.717) is 36.1 Å². The van der Waals surface area contributed by atoms with Gasteiger partial charge < -0.3 is 15.4 Å². The minimum Gasteiger partial charge on any atom is -0.391 e. The van der Waals surface area contributed by atoms with Crippen LogP contribution < -0.4 is 16.3 Å². The fourth-order valence-corrected chi connectivity index (χ4v) is 2.13. The molecule has 0 aliphatic carbocycles. The molecule has 1 atom stereocenters. The summed E-state index contributed by atoms with van der Waals surface area (Å²) in [6.45, 7) is 1.71. The lowest BCUT2D eigenvalue weighted by Crippen LogP contribution is -2.48. The third kappa shape index (κ3) is 2.17. The summed E-state index contributed by atoms with van der Waals surface area (Å²) < 4.78 is 6.69. The van der Waals surface area contributed by atoms with Gasteiger partial charge in [-0.1, -0.05) is 12.2 Å². The van der Waals surface area contributed by atoms with E-state index in [1.807, 2.05) is 4.90 Å². The molecule has 0 aromatic carbocycles. The van der Waals surface area contributed by atoms with Crippen molar-refractivity contribution in [3.05, 3.63) is 22.6 Å². The van der Waals surface area contributed by atoms with Gasteiger partial charge in [-0.15, -0.1) is 5.10 Å². The number of nitrogens with two attached hydrogens (primary N) is 1. The van der Waals surface area contributed by atoms with E-state index in [2.05, 4.69) is 15.3 Å². The van der Waals surface area contributed by atoms with Gasteiger partial charge in [0.15, 0.2) is 5.65 Å². The molecule has 0 bridgehead atoms. The van der Waals surface area contributed by atoms with Crippen LogP contribution in [0.5, 0.6) is 0 Å². The molecule has 100 valence electrons. The summed E-state index contributed by atoms with van der Waals surface area (Å²) in [5.74, 6) is 0.667. The number of nitrogens with zero attached hydrogens (tertiary/aromatic N) is 4. The number of ether oxygens (including phenoxy) is 1. The molecule has 1 aliphatic rings. The topological polar surface area (TPSA) is 102 Å². The molecule has 2 aromatic heterocycles. The molecule has 8 nitrogen and oxygen atoms in total. The normalized spacial score (nSPS) is 19.8. The Bertz CT molecular complexity index is 680. The van der Waals surface area contributed by atoms with E-state index in [1.54, 1.807) is 12.1 Å². The summed E-state index contributed by atoms with van der Waals surface area (Å²) in [4.78, 5) is 13.8. The largest absolute Gasteiger partial charge is 0.391 e. The minimum absolute atomic E-state index is 0.290. The average molecular weight is 280 g/mol. The molecule has 1 unspecified atom stereocenters. The number of aromatic nitrogens is 4. The second-order valence-electron chi connectivity index (χ2n) is 4.20. The Morgan fingerprint density at radius 1 is 1.58 bits per heavy atom. The Labute approximate surface area is 113 Å². The SMILES string of the molecule is NC(=S)C1CN(c2ccc3n[nH]c(=O)n3n2)CCO1. The van der Waals surface area contributed by atoms with Crippen LogP contribution >= 0.6 is 12.2 Å². The molecule has 1 aliphatic heterocycles. The first kappa shape index (κ1) is 12.1. The van der Waals surface area contributed by atoms with E-state index in [1.165, 1.54) is 4.52 Å². The third-order valence-electron chi connectivity index (χ3n) is 2.97. The van der Waals surface area contributed by atoms with Crippen LogP contribution in [0.25, 0.3) is 5.65 Å². The molecule has 0 amide bonds. The summed E-state index contributed by atoms with van der Waals surface area (Å²) in [6, 6.07) is 3.53. The number of morpholine rings is 1. The standard InChI is InChI=1S/C10H12N6O2S/c11-9(19)6-5-15(3-4-18-6)8-2-1-7-12-13-10(17)16(7)14-8/h1-2,6H,3-5H2,(H2,11,19)(H,13,17). The predicted octanol–water partition coefficient (Wildman–Crippen LogP) is -1.09. The van der Waals surface area contributed by atoms with Crippen LogP contribution in [0.1, 0.15) is 0 Å². The lowest BCUT2D eigenvalue weighted by Gasteiger charge is -2.32. The number of aromatic amines is 1. The fourth-order valence-electron chi connectivity index (χ4n) is 1.99. The maximum absolute atomic E-state index is 11.5. The van der Waals surface area contributed by atoms with Crippen LogP contribution in [0.15, 0.2) is 16.9 Å². The third-order valence-corrected chi connectivity index (χ3v) is 3.23. The minimum atomic E-state index is -0.365. The Morgan fingerprint density at radius 3 is 3.21 bits per heavy atom. The summed E-state index contributed by atoms with van der Waals surface area (Å²) in [5, 5.41) is 10.4. The highest BCUT2D eigenvalue weighted by Crippen LogP contribution is 2.15. The molecular formula is C10H12N6O2S. The van der Waals surface area contributed by atoms with Gasteiger partial charge in [0.05, 0.1) is 13.2 Å². The van der Waals surface area contributed by atoms with Crippen molar-refractivity contribution < 1.29 is 4.74 Å². The molecule has 2 aromatic rings. The predicted molar refractivity (Wildman–Crippen MR) is 72.3 cm³/mol. The van der Waals surface area contributed by atoms with Crippen LogP contribution in [-0.2, 0) is 4.74 Å². The Morgan fingerprint density at radius 2 is 2.42 bits per heavy atom. The van der Waals surface area contributed by atoms with Gasteiger partial charge in [-0.3, -0.25) is 0 Å². The molecule has 0 radical (unpaired) electrons. The van der Waals surface area contributed by atoms with Gasteiger partial charge >= 0.3 is 5.69 Å². The van der Waals surface area contributed by atoms with Gasteiger partial charge in [0.2, 0.25) is 0 Å². The number of thiocarbonyl (C=S) groups is 1. The van der Waals surface area contributed by atoms with Crippen molar-refractivity contribution in [2.45, 2.75) is 6.10 Å². The number of H-pyrrole nitrogens is 1. The van der Waals surface area contributed by atoms with Gasteiger partial charge in [-0.2, -0.15) is 9.61 Å². The van der Waals surface area contributed by atoms with Crippen LogP contribution in [0.4, 0.5) is 5.82 Å². The quantitative estimate of drug-likeness (QED) is 0.674. The molecule has 0 spiro atoms. The smallest absolute Gasteiger partial charge is 0.364 e. The Hall–Kier alpha value is -2.00. The Kier molecular flexibility index (Phi) is 2.91. The lowest BCUT2D eigenvalue weighted by atomic mass is 10.2. The van der Waals surface area contributed by atoms with Gasteiger partial charge in [0.25, 0.3) is 0 Å². The highest BCUT2D eigenvalue weighted by Gasteiger charge is 2.23. The van der Waals surface area contributed by atoms with E-state index in [9.17, 15) is 4.79 Å². The van der Waals surface area contributed by atoms with E-state index < -0.39 is 0 Å². The van der Waals surface area contributed by atoms with Crippen LogP contribution in [0.3, 0.4) is 0 Å². The van der Waals surface area contributed by atoms with Gasteiger partial charge in [-0.05, 0) is 12.1 Å². The number of anilines is 1. The molecule has 3 N–H and O–H groups in total. The van der Waals surface area contributed by atoms with Crippen molar-refractivity contribution >= 4 is 28.7 Å². The van der Waals surface area contributed by atoms with Crippen LogP contribution in [-0.4, -0.2) is 50.6 Å². The van der Waals surface area contributed by atoms with Crippen molar-refractivity contribution in [3.8, 4) is 0 Å². The maximum atomic E-state index is 11.5. The van der Waals surface area contributed by atoms with Crippen molar-refractivity contribution in [2.75, 3.05) is 24.6 Å². The van der Waals surface area contributed by atoms with E-state index in [4.69, 9.17) is 22.7 Å². The lowest BCUT2D eigenvalue weighted by molar-refractivity contribution is 0.0843. The zero-order valence-corrected chi connectivity index (χ0v) is 10.8. The Balaban J connectivity index is 1.92. The molecule has 19 heavy (non-hydrogen) atoms. The highest BCUT2D eigenvalue weighted by molar-refractivity contribution is 7.80. The van der Waals surface area contributed by atoms with Crippen molar-refractivity contribution in [3.63, 3.8) is 0 Å². The summed E-state index contributed by atoms with van der Waals surface area (Å²) in [7, 11) is 0. The monoisotopic (exact) mass is 280 g/mol. The van der Waals surface area contributed by atoms with Crippen molar-refractivity contribution in [2.24, 2.45) is 5.73 Å². The summed E-state index contributed by atoms with van der Waals surface area (Å²) in [6.07, 6.45) is -0.290. The van der Waals surface area contributed by atoms with Crippen LogP contribution in [0, 0.1) is 0 Å². The molecule has 1 fully saturated rings. The molecule has 1 saturated heterocycles. The molecular weight excluding hydrogens is 268 g/mol. The maximum Gasteiger partial charge on any atom is 0.364 e. The molecule has 0 saturated carbocycles. The van der Waals surface area contributed by atoms with Gasteiger partial charge in [-0.25, -0.2) is 9.89 Å². The van der Waals surface area contributed by atoms with Gasteiger partial charge in [0, 0.05) is 6.54 Å². The van der Waals surface area contributed by atoms with Crippen LogP contribution in [0.2, 0.25) is 0 Å². The fraction of sp³-hybridized carbons (Fsp3) is 0.400. The first-order valence-corrected chi connectivity index (χ1v) is 6.16. The van der Waals surface area contributed by atoms with Crippen molar-refractivity contribution in [1.29, 1.82) is 0 Å². The molecule has 3 rings (SSSR count). The average Bonchev–Trinajstić information content (AvgIpc) is 2.80. The summed E-state index contributed by atoms with van der Waals surface area (Å²) in [5.41, 5.74) is 5.71. The van der Waals surface area contributed by atoms with E-state index in [-0.39, 0.29) is 11.8 Å². The highest BCUT2D eigenvalue weighted by atomic mass is 32.1. The first-order valence-electron chi connectivity index (χ1n) is 5.75. The summed E-state index contributed by atoms with van der Waals surface area (Å²) >= 11 is 4.94. The number of rotatable bonds is 2.